The number of carbonyl (C=O) groups is 1. The Morgan fingerprint density at radius 3 is 2.12 bits per heavy atom. The Hall–Kier alpha value is -2.69. The van der Waals surface area contributed by atoms with E-state index < -0.39 is 0 Å². The number of ether oxygens (including phenoxy) is 4. The average molecular weight is 330 g/mol. The highest BCUT2D eigenvalue weighted by Crippen LogP contribution is 2.29. The van der Waals surface area contributed by atoms with Crippen molar-refractivity contribution in [3.05, 3.63) is 47.5 Å². The average Bonchev–Trinajstić information content (AvgIpc) is 2.65. The molecule has 0 saturated carbocycles. The molecule has 5 nitrogen and oxygen atoms in total. The summed E-state index contributed by atoms with van der Waals surface area (Å²) >= 11 is 0. The van der Waals surface area contributed by atoms with Crippen LogP contribution in [-0.2, 0) is 6.42 Å². The third-order valence-electron chi connectivity index (χ3n) is 3.82. The summed E-state index contributed by atoms with van der Waals surface area (Å²) in [7, 11) is 6.33. The summed E-state index contributed by atoms with van der Waals surface area (Å²) in [5.74, 6) is 2.63. The SMILES string of the molecule is COc1ccc(CCC(=O)c2ccc(OC)c(OC)c2)c(OC)c1. The molecule has 0 bridgehead atoms. The highest BCUT2D eigenvalue weighted by Gasteiger charge is 2.12. The van der Waals surface area contributed by atoms with E-state index in [-0.39, 0.29) is 5.78 Å². The molecule has 0 amide bonds. The summed E-state index contributed by atoms with van der Waals surface area (Å²) in [5, 5.41) is 0. The van der Waals surface area contributed by atoms with Gasteiger partial charge in [0.1, 0.15) is 11.5 Å². The van der Waals surface area contributed by atoms with Gasteiger partial charge in [-0.25, -0.2) is 0 Å². The van der Waals surface area contributed by atoms with E-state index in [1.165, 1.54) is 0 Å². The van der Waals surface area contributed by atoms with Crippen molar-refractivity contribution in [2.24, 2.45) is 0 Å². The molecule has 128 valence electrons. The van der Waals surface area contributed by atoms with Gasteiger partial charge >= 0.3 is 0 Å². The zero-order valence-electron chi connectivity index (χ0n) is 14.4. The molecule has 2 aromatic carbocycles. The lowest BCUT2D eigenvalue weighted by atomic mass is 10.0. The van der Waals surface area contributed by atoms with Crippen LogP contribution in [-0.4, -0.2) is 34.2 Å². The van der Waals surface area contributed by atoms with Gasteiger partial charge in [0, 0.05) is 18.1 Å². The van der Waals surface area contributed by atoms with Crippen molar-refractivity contribution < 1.29 is 23.7 Å². The predicted octanol–water partition coefficient (Wildman–Crippen LogP) is 3.54. The maximum Gasteiger partial charge on any atom is 0.163 e. The predicted molar refractivity (Wildman–Crippen MR) is 91.7 cm³/mol. The van der Waals surface area contributed by atoms with Gasteiger partial charge in [-0.15, -0.1) is 0 Å². The standard InChI is InChI=1S/C19H22O5/c1-21-15-8-5-13(18(12-15)23-3)6-9-16(20)14-7-10-17(22-2)19(11-14)24-4/h5,7-8,10-12H,6,9H2,1-4H3. The summed E-state index contributed by atoms with van der Waals surface area (Å²) < 4.78 is 21.0. The number of ketones is 1. The molecular formula is C19H22O5. The number of hydrogen-bond acceptors (Lipinski definition) is 5. The van der Waals surface area contributed by atoms with E-state index in [4.69, 9.17) is 18.9 Å². The first-order valence-corrected chi connectivity index (χ1v) is 7.59. The zero-order valence-corrected chi connectivity index (χ0v) is 14.4. The molecule has 5 heteroatoms. The van der Waals surface area contributed by atoms with E-state index in [9.17, 15) is 4.79 Å². The maximum absolute atomic E-state index is 12.4. The van der Waals surface area contributed by atoms with Crippen molar-refractivity contribution in [3.63, 3.8) is 0 Å². The van der Waals surface area contributed by atoms with Gasteiger partial charge in [-0.1, -0.05) is 6.07 Å². The Kier molecular flexibility index (Phi) is 6.07. The molecule has 0 radical (unpaired) electrons. The van der Waals surface area contributed by atoms with Gasteiger partial charge in [0.25, 0.3) is 0 Å². The van der Waals surface area contributed by atoms with Crippen LogP contribution in [0.3, 0.4) is 0 Å². The molecule has 0 unspecified atom stereocenters. The number of Topliss-reactive ketones (excluding diaryl/α,β-unsaturated/α-hetero) is 1. The Balaban J connectivity index is 2.11. The fourth-order valence-corrected chi connectivity index (χ4v) is 2.46. The van der Waals surface area contributed by atoms with Crippen LogP contribution >= 0.6 is 0 Å². The number of benzene rings is 2. The van der Waals surface area contributed by atoms with Gasteiger partial charge < -0.3 is 18.9 Å². The van der Waals surface area contributed by atoms with Gasteiger partial charge in [-0.05, 0) is 36.2 Å². The molecule has 0 aromatic heterocycles. The molecule has 24 heavy (non-hydrogen) atoms. The highest BCUT2D eigenvalue weighted by atomic mass is 16.5. The van der Waals surface area contributed by atoms with E-state index in [1.54, 1.807) is 46.6 Å². The minimum atomic E-state index is 0.0359. The monoisotopic (exact) mass is 330 g/mol. The van der Waals surface area contributed by atoms with Crippen molar-refractivity contribution >= 4 is 5.78 Å². The summed E-state index contributed by atoms with van der Waals surface area (Å²) in [4.78, 5) is 12.4. The van der Waals surface area contributed by atoms with Crippen LogP contribution in [0.2, 0.25) is 0 Å². The van der Waals surface area contributed by atoms with Crippen molar-refractivity contribution in [3.8, 4) is 23.0 Å². The van der Waals surface area contributed by atoms with Crippen LogP contribution in [0.25, 0.3) is 0 Å². The molecule has 0 atom stereocenters. The number of carbonyl (C=O) groups excluding carboxylic acids is 1. The van der Waals surface area contributed by atoms with E-state index in [0.29, 0.717) is 29.9 Å². The van der Waals surface area contributed by atoms with E-state index >= 15 is 0 Å². The van der Waals surface area contributed by atoms with Crippen molar-refractivity contribution in [1.29, 1.82) is 0 Å². The van der Waals surface area contributed by atoms with Crippen LogP contribution in [0.4, 0.5) is 0 Å². The fourth-order valence-electron chi connectivity index (χ4n) is 2.46. The number of aryl methyl sites for hydroxylation is 1. The Bertz CT molecular complexity index is 709. The molecule has 2 aromatic rings. The van der Waals surface area contributed by atoms with Crippen molar-refractivity contribution in [2.75, 3.05) is 28.4 Å². The molecule has 2 rings (SSSR count). The van der Waals surface area contributed by atoms with E-state index in [1.807, 2.05) is 18.2 Å². The lowest BCUT2D eigenvalue weighted by Crippen LogP contribution is -2.03. The topological polar surface area (TPSA) is 54.0 Å². The fraction of sp³-hybridized carbons (Fsp3) is 0.316. The Labute approximate surface area is 142 Å². The second-order valence-corrected chi connectivity index (χ2v) is 5.17. The molecule has 0 heterocycles. The second kappa shape index (κ2) is 8.24. The molecule has 0 spiro atoms. The lowest BCUT2D eigenvalue weighted by Gasteiger charge is -2.11. The molecule has 0 N–H and O–H groups in total. The summed E-state index contributed by atoms with van der Waals surface area (Å²) in [6.07, 6.45) is 0.957. The van der Waals surface area contributed by atoms with E-state index in [0.717, 1.165) is 17.1 Å². The molecule has 0 aliphatic rings. The Morgan fingerprint density at radius 2 is 1.50 bits per heavy atom. The van der Waals surface area contributed by atoms with Gasteiger partial charge in [-0.2, -0.15) is 0 Å². The number of rotatable bonds is 8. The van der Waals surface area contributed by atoms with Crippen LogP contribution in [0.5, 0.6) is 23.0 Å². The molecule has 0 fully saturated rings. The molecular weight excluding hydrogens is 308 g/mol. The molecule has 0 aliphatic carbocycles. The first-order chi connectivity index (χ1) is 11.6. The number of methoxy groups -OCH3 is 4. The van der Waals surface area contributed by atoms with E-state index in [2.05, 4.69) is 0 Å². The third-order valence-corrected chi connectivity index (χ3v) is 3.82. The summed E-state index contributed by atoms with van der Waals surface area (Å²) in [6, 6.07) is 10.8. The van der Waals surface area contributed by atoms with Crippen LogP contribution in [0.1, 0.15) is 22.3 Å². The first-order valence-electron chi connectivity index (χ1n) is 7.59. The highest BCUT2D eigenvalue weighted by molar-refractivity contribution is 5.96. The van der Waals surface area contributed by atoms with Gasteiger partial charge in [0.05, 0.1) is 28.4 Å². The Morgan fingerprint density at radius 1 is 0.792 bits per heavy atom. The van der Waals surface area contributed by atoms with Gasteiger partial charge in [-0.3, -0.25) is 4.79 Å². The minimum absolute atomic E-state index is 0.0359. The molecule has 0 saturated heterocycles. The van der Waals surface area contributed by atoms with Gasteiger partial charge in [0.15, 0.2) is 17.3 Å². The van der Waals surface area contributed by atoms with Crippen LogP contribution in [0.15, 0.2) is 36.4 Å². The number of hydrogen-bond donors (Lipinski definition) is 0. The third kappa shape index (κ3) is 3.98. The minimum Gasteiger partial charge on any atom is -0.497 e. The van der Waals surface area contributed by atoms with Crippen LogP contribution in [0, 0.1) is 0 Å². The van der Waals surface area contributed by atoms with Gasteiger partial charge in [0.2, 0.25) is 0 Å². The largest absolute Gasteiger partial charge is 0.497 e. The normalized spacial score (nSPS) is 10.2. The quantitative estimate of drug-likeness (QED) is 0.693. The molecule has 0 aliphatic heterocycles. The van der Waals surface area contributed by atoms with Crippen molar-refractivity contribution in [2.45, 2.75) is 12.8 Å². The second-order valence-electron chi connectivity index (χ2n) is 5.17. The van der Waals surface area contributed by atoms with Crippen LogP contribution < -0.4 is 18.9 Å². The smallest absolute Gasteiger partial charge is 0.163 e. The maximum atomic E-state index is 12.4. The zero-order chi connectivity index (χ0) is 17.5. The lowest BCUT2D eigenvalue weighted by molar-refractivity contribution is 0.0982. The van der Waals surface area contributed by atoms with Crippen molar-refractivity contribution in [1.82, 2.24) is 0 Å². The summed E-state index contributed by atoms with van der Waals surface area (Å²) in [5.41, 5.74) is 1.56. The summed E-state index contributed by atoms with van der Waals surface area (Å²) in [6.45, 7) is 0. The first kappa shape index (κ1) is 17.7.